The van der Waals surface area contributed by atoms with E-state index in [1.54, 1.807) is 0 Å². The van der Waals surface area contributed by atoms with Crippen LogP contribution < -0.4 is 5.32 Å². The first-order valence-corrected chi connectivity index (χ1v) is 5.59. The summed E-state index contributed by atoms with van der Waals surface area (Å²) in [5, 5.41) is 13.5. The number of hydrogen-bond acceptors (Lipinski definition) is 2. The molecule has 0 spiro atoms. The third-order valence-corrected chi connectivity index (χ3v) is 2.95. The number of rotatable bonds is 4. The molecule has 78 valence electrons. The zero-order valence-electron chi connectivity index (χ0n) is 8.97. The summed E-state index contributed by atoms with van der Waals surface area (Å²) in [7, 11) is 0. The van der Waals surface area contributed by atoms with Crippen LogP contribution in [0.4, 0.5) is 0 Å². The first kappa shape index (κ1) is 11.0. The fraction of sp³-hybridized carbons (Fsp3) is 1.00. The molecule has 1 aliphatic rings. The van der Waals surface area contributed by atoms with Crippen molar-refractivity contribution >= 4 is 0 Å². The van der Waals surface area contributed by atoms with Gasteiger partial charge in [-0.2, -0.15) is 0 Å². The molecular formula is C11H23NO. The highest BCUT2D eigenvalue weighted by Crippen LogP contribution is 2.31. The van der Waals surface area contributed by atoms with E-state index in [0.29, 0.717) is 5.92 Å². The minimum absolute atomic E-state index is 0.410. The van der Waals surface area contributed by atoms with E-state index in [1.165, 1.54) is 12.8 Å². The van der Waals surface area contributed by atoms with Crippen LogP contribution >= 0.6 is 0 Å². The topological polar surface area (TPSA) is 32.3 Å². The molecule has 0 heterocycles. The molecule has 2 atom stereocenters. The van der Waals surface area contributed by atoms with Gasteiger partial charge in [0.05, 0.1) is 5.60 Å². The molecule has 1 aliphatic carbocycles. The van der Waals surface area contributed by atoms with Gasteiger partial charge >= 0.3 is 0 Å². The molecule has 0 radical (unpaired) electrons. The van der Waals surface area contributed by atoms with Gasteiger partial charge in [-0.3, -0.25) is 0 Å². The Morgan fingerprint density at radius 1 is 1.54 bits per heavy atom. The molecule has 0 amide bonds. The summed E-state index contributed by atoms with van der Waals surface area (Å²) in [4.78, 5) is 0. The van der Waals surface area contributed by atoms with E-state index in [1.807, 2.05) is 0 Å². The molecule has 1 saturated carbocycles. The van der Waals surface area contributed by atoms with E-state index < -0.39 is 5.60 Å². The second-order valence-corrected chi connectivity index (χ2v) is 4.60. The SMILES string of the molecule is CCCNCC1(O)CCCC(C)C1. The third-order valence-electron chi connectivity index (χ3n) is 2.95. The maximum absolute atomic E-state index is 10.2. The standard InChI is InChI=1S/C11H23NO/c1-3-7-12-9-11(13)6-4-5-10(2)8-11/h10,12-13H,3-9H2,1-2H3. The summed E-state index contributed by atoms with van der Waals surface area (Å²) in [5.41, 5.74) is -0.410. The zero-order chi connectivity index (χ0) is 9.73. The van der Waals surface area contributed by atoms with Crippen LogP contribution in [0.3, 0.4) is 0 Å². The Morgan fingerprint density at radius 3 is 2.92 bits per heavy atom. The van der Waals surface area contributed by atoms with E-state index in [2.05, 4.69) is 19.2 Å². The van der Waals surface area contributed by atoms with Gasteiger partial charge in [-0.25, -0.2) is 0 Å². The highest BCUT2D eigenvalue weighted by molar-refractivity contribution is 4.86. The van der Waals surface area contributed by atoms with Gasteiger partial charge < -0.3 is 10.4 Å². The molecular weight excluding hydrogens is 162 g/mol. The van der Waals surface area contributed by atoms with Gasteiger partial charge in [-0.05, 0) is 31.7 Å². The Balaban J connectivity index is 2.27. The predicted octanol–water partition coefficient (Wildman–Crippen LogP) is 1.93. The van der Waals surface area contributed by atoms with Gasteiger partial charge in [0.25, 0.3) is 0 Å². The summed E-state index contributed by atoms with van der Waals surface area (Å²) >= 11 is 0. The van der Waals surface area contributed by atoms with Crippen LogP contribution in [0.25, 0.3) is 0 Å². The second-order valence-electron chi connectivity index (χ2n) is 4.60. The normalized spacial score (nSPS) is 34.8. The van der Waals surface area contributed by atoms with Crippen LogP contribution in [0, 0.1) is 5.92 Å². The van der Waals surface area contributed by atoms with Crippen molar-refractivity contribution in [2.24, 2.45) is 5.92 Å². The zero-order valence-corrected chi connectivity index (χ0v) is 8.97. The molecule has 0 aliphatic heterocycles. The van der Waals surface area contributed by atoms with Crippen molar-refractivity contribution in [3.8, 4) is 0 Å². The minimum Gasteiger partial charge on any atom is -0.389 e. The predicted molar refractivity (Wildman–Crippen MR) is 55.7 cm³/mol. The van der Waals surface area contributed by atoms with E-state index >= 15 is 0 Å². The molecule has 2 nitrogen and oxygen atoms in total. The smallest absolute Gasteiger partial charge is 0.0774 e. The molecule has 2 N–H and O–H groups in total. The molecule has 0 bridgehead atoms. The maximum atomic E-state index is 10.2. The van der Waals surface area contributed by atoms with Gasteiger partial charge in [0.1, 0.15) is 0 Å². The Labute approximate surface area is 81.7 Å². The van der Waals surface area contributed by atoms with E-state index in [-0.39, 0.29) is 0 Å². The number of nitrogens with one attached hydrogen (secondary N) is 1. The van der Waals surface area contributed by atoms with Gasteiger partial charge in [0.15, 0.2) is 0 Å². The quantitative estimate of drug-likeness (QED) is 0.656. The lowest BCUT2D eigenvalue weighted by atomic mass is 9.79. The average Bonchev–Trinajstić information content (AvgIpc) is 2.04. The third kappa shape index (κ3) is 3.65. The average molecular weight is 185 g/mol. The van der Waals surface area contributed by atoms with Gasteiger partial charge in [0, 0.05) is 6.54 Å². The van der Waals surface area contributed by atoms with Gasteiger partial charge in [-0.15, -0.1) is 0 Å². The fourth-order valence-corrected chi connectivity index (χ4v) is 2.29. The van der Waals surface area contributed by atoms with Crippen molar-refractivity contribution in [1.82, 2.24) is 5.32 Å². The largest absolute Gasteiger partial charge is 0.389 e. The van der Waals surface area contributed by atoms with Crippen molar-refractivity contribution in [3.05, 3.63) is 0 Å². The Bertz CT molecular complexity index is 149. The van der Waals surface area contributed by atoms with Crippen LogP contribution in [0.5, 0.6) is 0 Å². The van der Waals surface area contributed by atoms with Crippen LogP contribution in [-0.4, -0.2) is 23.8 Å². The first-order valence-electron chi connectivity index (χ1n) is 5.59. The highest BCUT2D eigenvalue weighted by atomic mass is 16.3. The van der Waals surface area contributed by atoms with Crippen molar-refractivity contribution in [2.75, 3.05) is 13.1 Å². The first-order chi connectivity index (χ1) is 6.16. The van der Waals surface area contributed by atoms with Crippen LogP contribution in [-0.2, 0) is 0 Å². The van der Waals surface area contributed by atoms with Gasteiger partial charge in [-0.1, -0.05) is 26.7 Å². The van der Waals surface area contributed by atoms with Crippen LogP contribution in [0.15, 0.2) is 0 Å². The minimum atomic E-state index is -0.410. The number of aliphatic hydroxyl groups is 1. The van der Waals surface area contributed by atoms with Crippen molar-refractivity contribution in [1.29, 1.82) is 0 Å². The van der Waals surface area contributed by atoms with Crippen molar-refractivity contribution in [3.63, 3.8) is 0 Å². The molecule has 0 saturated heterocycles. The maximum Gasteiger partial charge on any atom is 0.0774 e. The second kappa shape index (κ2) is 4.97. The molecule has 0 aromatic carbocycles. The summed E-state index contributed by atoms with van der Waals surface area (Å²) < 4.78 is 0. The summed E-state index contributed by atoms with van der Waals surface area (Å²) in [6.45, 7) is 6.20. The molecule has 0 aromatic rings. The lowest BCUT2D eigenvalue weighted by Crippen LogP contribution is -2.44. The molecule has 2 heteroatoms. The Morgan fingerprint density at radius 2 is 2.31 bits per heavy atom. The Hall–Kier alpha value is -0.0800. The van der Waals surface area contributed by atoms with Gasteiger partial charge in [0.2, 0.25) is 0 Å². The van der Waals surface area contributed by atoms with Crippen LogP contribution in [0.2, 0.25) is 0 Å². The molecule has 1 fully saturated rings. The van der Waals surface area contributed by atoms with Crippen molar-refractivity contribution in [2.45, 2.75) is 51.6 Å². The number of hydrogen-bond donors (Lipinski definition) is 2. The van der Waals surface area contributed by atoms with E-state index in [0.717, 1.165) is 32.4 Å². The highest BCUT2D eigenvalue weighted by Gasteiger charge is 2.31. The summed E-state index contributed by atoms with van der Waals surface area (Å²) in [5.74, 6) is 0.696. The monoisotopic (exact) mass is 185 g/mol. The molecule has 13 heavy (non-hydrogen) atoms. The lowest BCUT2D eigenvalue weighted by Gasteiger charge is -2.35. The van der Waals surface area contributed by atoms with E-state index in [4.69, 9.17) is 0 Å². The fourth-order valence-electron chi connectivity index (χ4n) is 2.29. The van der Waals surface area contributed by atoms with E-state index in [9.17, 15) is 5.11 Å². The Kier molecular flexibility index (Phi) is 4.20. The molecule has 0 aromatic heterocycles. The molecule has 1 rings (SSSR count). The lowest BCUT2D eigenvalue weighted by molar-refractivity contribution is -0.0115. The van der Waals surface area contributed by atoms with Crippen molar-refractivity contribution < 1.29 is 5.11 Å². The summed E-state index contributed by atoms with van der Waals surface area (Å²) in [6.07, 6.45) is 5.57. The van der Waals surface area contributed by atoms with Crippen LogP contribution in [0.1, 0.15) is 46.0 Å². The summed E-state index contributed by atoms with van der Waals surface area (Å²) in [6, 6.07) is 0. The molecule has 2 unspecified atom stereocenters.